The highest BCUT2D eigenvalue weighted by molar-refractivity contribution is 5.81. The van der Waals surface area contributed by atoms with E-state index in [9.17, 15) is 13.6 Å². The van der Waals surface area contributed by atoms with Gasteiger partial charge in [-0.25, -0.2) is 8.78 Å². The zero-order valence-electron chi connectivity index (χ0n) is 13.9. The van der Waals surface area contributed by atoms with Gasteiger partial charge in [-0.3, -0.25) is 9.48 Å². The van der Waals surface area contributed by atoms with Crippen molar-refractivity contribution in [3.8, 4) is 0 Å². The molecule has 132 valence electrons. The number of rotatable bonds is 4. The number of nitrogens with zero attached hydrogens (tertiary/aromatic N) is 2. The molecule has 1 saturated heterocycles. The third-order valence-electron chi connectivity index (χ3n) is 5.19. The molecular formula is C18H20F2N4O. The smallest absolute Gasteiger partial charge is 0.225 e. The van der Waals surface area contributed by atoms with E-state index in [1.165, 1.54) is 18.2 Å². The van der Waals surface area contributed by atoms with Crippen molar-refractivity contribution >= 4 is 5.91 Å². The lowest BCUT2D eigenvalue weighted by atomic mass is 9.90. The van der Waals surface area contributed by atoms with Crippen LogP contribution in [0.25, 0.3) is 0 Å². The number of carbonyl (C=O) groups is 1. The largest absolute Gasteiger partial charge is 0.352 e. The highest BCUT2D eigenvalue weighted by Gasteiger charge is 2.45. The van der Waals surface area contributed by atoms with E-state index in [1.807, 2.05) is 13.2 Å². The number of aryl methyl sites for hydroxylation is 1. The summed E-state index contributed by atoms with van der Waals surface area (Å²) in [6.07, 6.45) is 4.28. The minimum absolute atomic E-state index is 0.0658. The lowest BCUT2D eigenvalue weighted by Gasteiger charge is -2.17. The first kappa shape index (κ1) is 16.2. The Morgan fingerprint density at radius 1 is 1.28 bits per heavy atom. The third kappa shape index (κ3) is 3.04. The van der Waals surface area contributed by atoms with E-state index in [1.54, 1.807) is 10.9 Å². The number of benzene rings is 1. The van der Waals surface area contributed by atoms with Crippen molar-refractivity contribution in [3.05, 3.63) is 53.4 Å². The minimum Gasteiger partial charge on any atom is -0.352 e. The monoisotopic (exact) mass is 346 g/mol. The summed E-state index contributed by atoms with van der Waals surface area (Å²) in [6, 6.07) is 3.67. The Labute approximate surface area is 144 Å². The van der Waals surface area contributed by atoms with Gasteiger partial charge in [0.2, 0.25) is 5.91 Å². The number of aromatic nitrogens is 2. The van der Waals surface area contributed by atoms with E-state index in [4.69, 9.17) is 0 Å². The molecule has 2 heterocycles. The van der Waals surface area contributed by atoms with Gasteiger partial charge in [-0.15, -0.1) is 0 Å². The highest BCUT2D eigenvalue weighted by atomic mass is 19.1. The molecule has 2 aromatic rings. The van der Waals surface area contributed by atoms with Crippen LogP contribution < -0.4 is 10.6 Å². The van der Waals surface area contributed by atoms with Crippen molar-refractivity contribution in [1.29, 1.82) is 0 Å². The molecule has 0 radical (unpaired) electrons. The maximum Gasteiger partial charge on any atom is 0.225 e. The standard InChI is InChI=1S/C18H20F2N4O/c1-24-9-10(6-22-24)12-7-21-8-13(12)18(25)23-16-5-11(16)17-14(19)3-2-4-15(17)20/h2-4,6,9,11-13,16,21H,5,7-8H2,1H3,(H,23,25)/t11?,12-,13+,16?/m1/s1. The van der Waals surface area contributed by atoms with Crippen LogP contribution in [0.1, 0.15) is 29.4 Å². The van der Waals surface area contributed by atoms with E-state index < -0.39 is 11.6 Å². The molecule has 4 atom stereocenters. The van der Waals surface area contributed by atoms with Crippen molar-refractivity contribution in [1.82, 2.24) is 20.4 Å². The lowest BCUT2D eigenvalue weighted by Crippen LogP contribution is -2.36. The second kappa shape index (κ2) is 6.22. The first-order chi connectivity index (χ1) is 12.0. The van der Waals surface area contributed by atoms with Crippen LogP contribution in [0, 0.1) is 17.6 Å². The summed E-state index contributed by atoms with van der Waals surface area (Å²) < 4.78 is 29.5. The number of halogens is 2. The topological polar surface area (TPSA) is 59.0 Å². The average Bonchev–Trinajstić information content (AvgIpc) is 2.99. The lowest BCUT2D eigenvalue weighted by molar-refractivity contribution is -0.125. The van der Waals surface area contributed by atoms with Crippen LogP contribution in [0.5, 0.6) is 0 Å². The van der Waals surface area contributed by atoms with Crippen LogP contribution in [0.3, 0.4) is 0 Å². The van der Waals surface area contributed by atoms with E-state index in [2.05, 4.69) is 15.7 Å². The van der Waals surface area contributed by atoms with Gasteiger partial charge < -0.3 is 10.6 Å². The van der Waals surface area contributed by atoms with Crippen LogP contribution >= 0.6 is 0 Å². The molecule has 25 heavy (non-hydrogen) atoms. The Balaban J connectivity index is 1.43. The molecule has 1 amide bonds. The Hall–Kier alpha value is -2.28. The molecule has 2 fully saturated rings. The predicted molar refractivity (Wildman–Crippen MR) is 88.0 cm³/mol. The van der Waals surface area contributed by atoms with Crippen molar-refractivity contribution in [2.24, 2.45) is 13.0 Å². The van der Waals surface area contributed by atoms with Crippen molar-refractivity contribution in [2.45, 2.75) is 24.3 Å². The second-order valence-electron chi connectivity index (χ2n) is 6.91. The van der Waals surface area contributed by atoms with E-state index >= 15 is 0 Å². The number of nitrogens with one attached hydrogen (secondary N) is 2. The molecule has 1 aromatic carbocycles. The molecule has 1 saturated carbocycles. The first-order valence-electron chi connectivity index (χ1n) is 8.48. The Kier molecular flexibility index (Phi) is 4.03. The molecule has 1 aliphatic carbocycles. The van der Waals surface area contributed by atoms with Gasteiger partial charge in [0.05, 0.1) is 12.1 Å². The van der Waals surface area contributed by atoms with Crippen LogP contribution in [-0.4, -0.2) is 34.8 Å². The summed E-state index contributed by atoms with van der Waals surface area (Å²) in [7, 11) is 1.85. The van der Waals surface area contributed by atoms with Crippen molar-refractivity contribution in [3.63, 3.8) is 0 Å². The number of hydrogen-bond donors (Lipinski definition) is 2. The number of hydrogen-bond acceptors (Lipinski definition) is 3. The molecule has 1 aromatic heterocycles. The molecule has 0 bridgehead atoms. The quantitative estimate of drug-likeness (QED) is 0.885. The fourth-order valence-corrected chi connectivity index (χ4v) is 3.76. The second-order valence-corrected chi connectivity index (χ2v) is 6.91. The van der Waals surface area contributed by atoms with Crippen LogP contribution in [0.4, 0.5) is 8.78 Å². The Bertz CT molecular complexity index is 786. The summed E-state index contributed by atoms with van der Waals surface area (Å²) in [5.74, 6) is -1.57. The fraction of sp³-hybridized carbons (Fsp3) is 0.444. The fourth-order valence-electron chi connectivity index (χ4n) is 3.76. The van der Waals surface area contributed by atoms with Gasteiger partial charge >= 0.3 is 0 Å². The third-order valence-corrected chi connectivity index (χ3v) is 5.19. The summed E-state index contributed by atoms with van der Waals surface area (Å²) in [5, 5.41) is 10.4. The molecule has 2 unspecified atom stereocenters. The van der Waals surface area contributed by atoms with E-state index in [0.717, 1.165) is 12.1 Å². The van der Waals surface area contributed by atoms with Gasteiger partial charge in [-0.05, 0) is 24.1 Å². The van der Waals surface area contributed by atoms with Crippen LogP contribution in [0.2, 0.25) is 0 Å². The van der Waals surface area contributed by atoms with Crippen LogP contribution in [0.15, 0.2) is 30.6 Å². The van der Waals surface area contributed by atoms with Crippen molar-refractivity contribution in [2.75, 3.05) is 13.1 Å². The normalized spacial score (nSPS) is 28.1. The molecule has 4 rings (SSSR count). The molecule has 2 N–H and O–H groups in total. The predicted octanol–water partition coefficient (Wildman–Crippen LogP) is 1.67. The summed E-state index contributed by atoms with van der Waals surface area (Å²) in [5.41, 5.74) is 1.11. The maximum absolute atomic E-state index is 13.9. The summed E-state index contributed by atoms with van der Waals surface area (Å²) in [4.78, 5) is 12.7. The molecule has 5 nitrogen and oxygen atoms in total. The highest BCUT2D eigenvalue weighted by Crippen LogP contribution is 2.43. The van der Waals surface area contributed by atoms with E-state index in [0.29, 0.717) is 13.0 Å². The molecule has 1 aliphatic heterocycles. The van der Waals surface area contributed by atoms with Gasteiger partial charge in [0.25, 0.3) is 0 Å². The number of amides is 1. The zero-order chi connectivity index (χ0) is 17.6. The number of carbonyl (C=O) groups excluding carboxylic acids is 1. The van der Waals surface area contributed by atoms with Gasteiger partial charge in [-0.2, -0.15) is 5.10 Å². The maximum atomic E-state index is 13.9. The van der Waals surface area contributed by atoms with Crippen LogP contribution in [-0.2, 0) is 11.8 Å². The van der Waals surface area contributed by atoms with Crippen molar-refractivity contribution < 1.29 is 13.6 Å². The first-order valence-corrected chi connectivity index (χ1v) is 8.48. The van der Waals surface area contributed by atoms with E-state index in [-0.39, 0.29) is 35.3 Å². The zero-order valence-corrected chi connectivity index (χ0v) is 13.9. The van der Waals surface area contributed by atoms with Gasteiger partial charge in [0.1, 0.15) is 11.6 Å². The average molecular weight is 346 g/mol. The molecule has 7 heteroatoms. The Morgan fingerprint density at radius 3 is 2.72 bits per heavy atom. The molecule has 0 spiro atoms. The summed E-state index contributed by atoms with van der Waals surface area (Å²) >= 11 is 0. The Morgan fingerprint density at radius 2 is 2.04 bits per heavy atom. The SMILES string of the molecule is Cn1cc([C@H]2CNC[C@@H]2C(=O)NC2CC2c2c(F)cccc2F)cn1. The summed E-state index contributed by atoms with van der Waals surface area (Å²) in [6.45, 7) is 1.32. The molecular weight excluding hydrogens is 326 g/mol. The molecule has 2 aliphatic rings. The van der Waals surface area contributed by atoms with Gasteiger partial charge in [-0.1, -0.05) is 6.07 Å². The van der Waals surface area contributed by atoms with Gasteiger partial charge in [0, 0.05) is 49.8 Å². The minimum atomic E-state index is -0.544. The van der Waals surface area contributed by atoms with Gasteiger partial charge in [0.15, 0.2) is 0 Å².